The van der Waals surface area contributed by atoms with Crippen LogP contribution in [0.15, 0.2) is 36.4 Å². The highest BCUT2D eigenvalue weighted by Crippen LogP contribution is 2.30. The van der Waals surface area contributed by atoms with Gasteiger partial charge in [0, 0.05) is 11.1 Å². The fourth-order valence-electron chi connectivity index (χ4n) is 2.76. The smallest absolute Gasteiger partial charge is 0.262 e. The molecule has 1 aliphatic rings. The van der Waals surface area contributed by atoms with Crippen molar-refractivity contribution >= 4 is 44.3 Å². The van der Waals surface area contributed by atoms with Crippen molar-refractivity contribution in [3.63, 3.8) is 0 Å². The summed E-state index contributed by atoms with van der Waals surface area (Å²) in [4.78, 5) is 25.7. The number of carbonyl (C=O) groups excluding carboxylic acids is 2. The Morgan fingerprint density at radius 2 is 2.12 bits per heavy atom. The van der Waals surface area contributed by atoms with E-state index >= 15 is 0 Å². The number of thioether (sulfide) groups is 1. The topological polar surface area (TPSA) is 64.0 Å². The van der Waals surface area contributed by atoms with Gasteiger partial charge in [-0.15, -0.1) is 11.3 Å². The number of nitrogens with zero attached hydrogens (tertiary/aromatic N) is 2. The van der Waals surface area contributed by atoms with Crippen molar-refractivity contribution in [2.75, 3.05) is 5.75 Å². The van der Waals surface area contributed by atoms with Gasteiger partial charge in [-0.25, -0.2) is 4.68 Å². The zero-order chi connectivity index (χ0) is 16.7. The van der Waals surface area contributed by atoms with Crippen LogP contribution in [0.1, 0.15) is 21.8 Å². The van der Waals surface area contributed by atoms with Gasteiger partial charge in [0.05, 0.1) is 22.3 Å². The Hall–Kier alpha value is -2.12. The fourth-order valence-corrected chi connectivity index (χ4v) is 4.78. The number of amides is 1. The predicted molar refractivity (Wildman–Crippen MR) is 97.0 cm³/mol. The molecule has 2 aromatic heterocycles. The number of hydrogen-bond donors (Lipinski definition) is 1. The van der Waals surface area contributed by atoms with Gasteiger partial charge < -0.3 is 5.32 Å². The Morgan fingerprint density at radius 3 is 2.83 bits per heavy atom. The summed E-state index contributed by atoms with van der Waals surface area (Å²) in [5.74, 6) is 0.592. The molecule has 0 unspecified atom stereocenters. The molecule has 122 valence electrons. The number of hydrogen-bond acceptors (Lipinski definition) is 5. The highest BCUT2D eigenvalue weighted by Gasteiger charge is 2.28. The lowest BCUT2D eigenvalue weighted by Crippen LogP contribution is -2.36. The molecule has 1 N–H and O–H groups in total. The van der Waals surface area contributed by atoms with E-state index in [9.17, 15) is 9.59 Å². The van der Waals surface area contributed by atoms with Crippen LogP contribution in [0.5, 0.6) is 0 Å². The summed E-state index contributed by atoms with van der Waals surface area (Å²) in [5, 5.41) is 8.44. The molecule has 3 heterocycles. The lowest BCUT2D eigenvalue weighted by molar-refractivity contribution is -0.112. The number of benzene rings is 1. The highest BCUT2D eigenvalue weighted by molar-refractivity contribution is 8.14. The summed E-state index contributed by atoms with van der Waals surface area (Å²) in [6, 6.07) is 11.4. The Labute approximate surface area is 147 Å². The van der Waals surface area contributed by atoms with Crippen LogP contribution in [-0.2, 0) is 4.79 Å². The van der Waals surface area contributed by atoms with E-state index in [-0.39, 0.29) is 17.1 Å². The molecule has 4 rings (SSSR count). The minimum atomic E-state index is -0.362. The number of aryl methyl sites for hydroxylation is 1. The van der Waals surface area contributed by atoms with Crippen LogP contribution in [0.25, 0.3) is 15.9 Å². The van der Waals surface area contributed by atoms with E-state index in [2.05, 4.69) is 10.4 Å². The van der Waals surface area contributed by atoms with E-state index in [4.69, 9.17) is 0 Å². The van der Waals surface area contributed by atoms with Gasteiger partial charge in [-0.3, -0.25) is 9.59 Å². The van der Waals surface area contributed by atoms with Crippen molar-refractivity contribution in [3.8, 4) is 5.69 Å². The summed E-state index contributed by atoms with van der Waals surface area (Å²) in [5.41, 5.74) is 1.85. The first-order chi connectivity index (χ1) is 11.6. The molecule has 0 bridgehead atoms. The van der Waals surface area contributed by atoms with Crippen LogP contribution in [0.4, 0.5) is 0 Å². The second-order valence-electron chi connectivity index (χ2n) is 5.64. The van der Waals surface area contributed by atoms with Gasteiger partial charge >= 0.3 is 0 Å². The van der Waals surface area contributed by atoms with Crippen LogP contribution >= 0.6 is 23.1 Å². The maximum atomic E-state index is 12.5. The van der Waals surface area contributed by atoms with Crippen molar-refractivity contribution in [3.05, 3.63) is 47.0 Å². The molecule has 5 nitrogen and oxygen atoms in total. The average molecular weight is 357 g/mol. The molecule has 1 amide bonds. The van der Waals surface area contributed by atoms with Gasteiger partial charge in [-0.05, 0) is 31.5 Å². The van der Waals surface area contributed by atoms with Gasteiger partial charge in [0.15, 0.2) is 0 Å². The van der Waals surface area contributed by atoms with Crippen LogP contribution in [0.2, 0.25) is 0 Å². The Bertz CT molecular complexity index is 930. The number of para-hydroxylation sites is 1. The SMILES string of the molecule is Cc1nn(-c2ccccc2)c2sc(C(=O)N[C@H]3CCSC3=O)cc12. The van der Waals surface area contributed by atoms with Crippen molar-refractivity contribution in [2.45, 2.75) is 19.4 Å². The normalized spacial score (nSPS) is 17.5. The van der Waals surface area contributed by atoms with Crippen LogP contribution < -0.4 is 5.32 Å². The van der Waals surface area contributed by atoms with Gasteiger partial charge in [-0.1, -0.05) is 30.0 Å². The van der Waals surface area contributed by atoms with E-state index < -0.39 is 0 Å². The lowest BCUT2D eigenvalue weighted by Gasteiger charge is -2.08. The van der Waals surface area contributed by atoms with E-state index in [1.165, 1.54) is 23.1 Å². The third kappa shape index (κ3) is 2.63. The monoisotopic (exact) mass is 357 g/mol. The van der Waals surface area contributed by atoms with Crippen LogP contribution in [0, 0.1) is 6.92 Å². The molecule has 1 aliphatic heterocycles. The molecule has 3 aromatic rings. The first-order valence-electron chi connectivity index (χ1n) is 7.65. The molecule has 7 heteroatoms. The highest BCUT2D eigenvalue weighted by atomic mass is 32.2. The molecule has 0 aliphatic carbocycles. The molecule has 1 fully saturated rings. The third-order valence-corrected chi connectivity index (χ3v) is 6.13. The van der Waals surface area contributed by atoms with E-state index in [1.807, 2.05) is 48.0 Å². The third-order valence-electron chi connectivity index (χ3n) is 4.01. The van der Waals surface area contributed by atoms with Crippen molar-refractivity contribution in [1.29, 1.82) is 0 Å². The fraction of sp³-hybridized carbons (Fsp3) is 0.235. The molecule has 24 heavy (non-hydrogen) atoms. The number of nitrogens with one attached hydrogen (secondary N) is 1. The molecular weight excluding hydrogens is 342 g/mol. The molecule has 1 aromatic carbocycles. The van der Waals surface area contributed by atoms with E-state index in [0.29, 0.717) is 11.3 Å². The summed E-state index contributed by atoms with van der Waals surface area (Å²) in [6.45, 7) is 1.94. The van der Waals surface area contributed by atoms with E-state index in [0.717, 1.165) is 27.4 Å². The number of rotatable bonds is 3. The molecule has 1 atom stereocenters. The minimum Gasteiger partial charge on any atom is -0.341 e. The Morgan fingerprint density at radius 1 is 1.33 bits per heavy atom. The summed E-state index contributed by atoms with van der Waals surface area (Å²) < 4.78 is 1.86. The van der Waals surface area contributed by atoms with Crippen molar-refractivity contribution in [1.82, 2.24) is 15.1 Å². The maximum Gasteiger partial charge on any atom is 0.262 e. The zero-order valence-corrected chi connectivity index (χ0v) is 14.6. The number of fused-ring (bicyclic) bond motifs is 1. The van der Waals surface area contributed by atoms with Gasteiger partial charge in [0.2, 0.25) is 5.12 Å². The minimum absolute atomic E-state index is 0.0519. The first-order valence-corrected chi connectivity index (χ1v) is 9.46. The average Bonchev–Trinajstić information content (AvgIpc) is 3.26. The van der Waals surface area contributed by atoms with Gasteiger partial charge in [-0.2, -0.15) is 5.10 Å². The summed E-state index contributed by atoms with van der Waals surface area (Å²) in [7, 11) is 0. The quantitative estimate of drug-likeness (QED) is 0.782. The van der Waals surface area contributed by atoms with Crippen molar-refractivity contribution in [2.24, 2.45) is 0 Å². The standard InChI is InChI=1S/C17H15N3O2S2/c1-10-12-9-14(15(21)18-13-7-8-23-17(13)22)24-16(12)20(19-10)11-5-3-2-4-6-11/h2-6,9,13H,7-8H2,1H3,(H,18,21)/t13-/m0/s1. The maximum absolute atomic E-state index is 12.5. The molecule has 0 spiro atoms. The van der Waals surface area contributed by atoms with Crippen LogP contribution in [-0.4, -0.2) is 32.6 Å². The van der Waals surface area contributed by atoms with Gasteiger partial charge in [0.1, 0.15) is 4.83 Å². The number of carbonyl (C=O) groups is 2. The molecule has 0 radical (unpaired) electrons. The molecule has 0 saturated carbocycles. The number of thiophene rings is 1. The zero-order valence-electron chi connectivity index (χ0n) is 13.0. The van der Waals surface area contributed by atoms with Gasteiger partial charge in [0.25, 0.3) is 5.91 Å². The predicted octanol–water partition coefficient (Wildman–Crippen LogP) is 3.16. The lowest BCUT2D eigenvalue weighted by atomic mass is 10.2. The van der Waals surface area contributed by atoms with Crippen molar-refractivity contribution < 1.29 is 9.59 Å². The van der Waals surface area contributed by atoms with Crippen LogP contribution in [0.3, 0.4) is 0 Å². The molecule has 1 saturated heterocycles. The first kappa shape index (κ1) is 15.4. The number of aromatic nitrogens is 2. The summed E-state index contributed by atoms with van der Waals surface area (Å²) >= 11 is 2.69. The summed E-state index contributed by atoms with van der Waals surface area (Å²) in [6.07, 6.45) is 0.705. The molecular formula is C17H15N3O2S2. The second-order valence-corrected chi connectivity index (χ2v) is 7.77. The second kappa shape index (κ2) is 6.07. The Kier molecular flexibility index (Phi) is 3.90. The largest absolute Gasteiger partial charge is 0.341 e. The Balaban J connectivity index is 1.68. The van der Waals surface area contributed by atoms with E-state index in [1.54, 1.807) is 0 Å².